The van der Waals surface area contributed by atoms with Gasteiger partial charge in [-0.25, -0.2) is 0 Å². The van der Waals surface area contributed by atoms with Gasteiger partial charge in [-0.3, -0.25) is 4.79 Å². The summed E-state index contributed by atoms with van der Waals surface area (Å²) in [4.78, 5) is 12.0. The number of benzene rings is 2. The number of carbonyl (C=O) groups is 1. The average Bonchev–Trinajstić information content (AvgIpc) is 2.66. The molecule has 0 saturated carbocycles. The van der Waals surface area contributed by atoms with E-state index in [1.807, 2.05) is 30.3 Å². The van der Waals surface area contributed by atoms with Gasteiger partial charge in [0.25, 0.3) is 0 Å². The molecular formula is C21H26N2O3. The van der Waals surface area contributed by atoms with Gasteiger partial charge < -0.3 is 20.1 Å². The van der Waals surface area contributed by atoms with E-state index >= 15 is 0 Å². The highest BCUT2D eigenvalue weighted by molar-refractivity contribution is 5.76. The first kappa shape index (κ1) is 18.4. The molecule has 5 nitrogen and oxygen atoms in total. The predicted octanol–water partition coefficient (Wildman–Crippen LogP) is 2.57. The van der Waals surface area contributed by atoms with Crippen molar-refractivity contribution in [2.24, 2.45) is 0 Å². The molecule has 2 aromatic carbocycles. The Labute approximate surface area is 154 Å². The van der Waals surface area contributed by atoms with Gasteiger partial charge in [-0.1, -0.05) is 42.0 Å². The van der Waals surface area contributed by atoms with Gasteiger partial charge in [0.1, 0.15) is 12.4 Å². The summed E-state index contributed by atoms with van der Waals surface area (Å²) in [5.74, 6) is 0.859. The number of aryl methyl sites for hydroxylation is 1. The van der Waals surface area contributed by atoms with Crippen molar-refractivity contribution in [1.29, 1.82) is 0 Å². The number of nitrogens with one attached hydrogen (secondary N) is 2. The zero-order chi connectivity index (χ0) is 18.2. The summed E-state index contributed by atoms with van der Waals surface area (Å²) in [6.07, 6.45) is 0.442. The molecule has 0 aromatic heterocycles. The molecule has 1 fully saturated rings. The standard InChI is InChI=1S/C21H26N2O3/c1-16-3-2-4-18(11-16)14-26-20-7-5-17(6-8-20)13-23-21(24)12-19-15-25-10-9-22-19/h2-8,11,19,22H,9-10,12-15H2,1H3,(H,23,24). The smallest absolute Gasteiger partial charge is 0.221 e. The van der Waals surface area contributed by atoms with E-state index in [1.54, 1.807) is 0 Å². The zero-order valence-corrected chi connectivity index (χ0v) is 15.2. The second kappa shape index (κ2) is 9.36. The van der Waals surface area contributed by atoms with E-state index < -0.39 is 0 Å². The lowest BCUT2D eigenvalue weighted by Gasteiger charge is -2.23. The van der Waals surface area contributed by atoms with E-state index in [2.05, 4.69) is 35.8 Å². The highest BCUT2D eigenvalue weighted by Crippen LogP contribution is 2.15. The van der Waals surface area contributed by atoms with E-state index in [9.17, 15) is 4.79 Å². The second-order valence-corrected chi connectivity index (χ2v) is 6.63. The quantitative estimate of drug-likeness (QED) is 0.802. The Balaban J connectivity index is 1.41. The summed E-state index contributed by atoms with van der Waals surface area (Å²) in [6.45, 7) is 5.27. The van der Waals surface area contributed by atoms with Crippen LogP contribution >= 0.6 is 0 Å². The molecule has 0 radical (unpaired) electrons. The molecule has 1 amide bonds. The average molecular weight is 354 g/mol. The first-order chi connectivity index (χ1) is 12.7. The maximum atomic E-state index is 12.0. The van der Waals surface area contributed by atoms with Crippen molar-refractivity contribution < 1.29 is 14.3 Å². The minimum atomic E-state index is 0.0350. The molecule has 3 rings (SSSR count). The SMILES string of the molecule is Cc1cccc(COc2ccc(CNC(=O)CC3COCCN3)cc2)c1. The topological polar surface area (TPSA) is 59.6 Å². The molecule has 0 bridgehead atoms. The Kier molecular flexibility index (Phi) is 6.63. The maximum absolute atomic E-state index is 12.0. The third-order valence-corrected chi connectivity index (χ3v) is 4.33. The lowest BCUT2D eigenvalue weighted by molar-refractivity contribution is -0.122. The molecular weight excluding hydrogens is 328 g/mol. The Morgan fingerprint density at radius 1 is 1.23 bits per heavy atom. The van der Waals surface area contributed by atoms with Crippen LogP contribution < -0.4 is 15.4 Å². The molecule has 1 saturated heterocycles. The van der Waals surface area contributed by atoms with Crippen molar-refractivity contribution >= 4 is 5.91 Å². The number of hydrogen-bond donors (Lipinski definition) is 2. The Morgan fingerprint density at radius 3 is 2.81 bits per heavy atom. The lowest BCUT2D eigenvalue weighted by Crippen LogP contribution is -2.44. The van der Waals surface area contributed by atoms with Crippen LogP contribution in [0.3, 0.4) is 0 Å². The van der Waals surface area contributed by atoms with Crippen LogP contribution in [0.15, 0.2) is 48.5 Å². The molecule has 1 aliphatic rings. The third-order valence-electron chi connectivity index (χ3n) is 4.33. The molecule has 1 atom stereocenters. The van der Waals surface area contributed by atoms with Crippen LogP contribution in [0.2, 0.25) is 0 Å². The number of rotatable bonds is 7. The van der Waals surface area contributed by atoms with Crippen molar-refractivity contribution in [3.8, 4) is 5.75 Å². The minimum absolute atomic E-state index is 0.0350. The summed E-state index contributed by atoms with van der Waals surface area (Å²) >= 11 is 0. The second-order valence-electron chi connectivity index (χ2n) is 6.63. The van der Waals surface area contributed by atoms with Gasteiger partial charge in [-0.2, -0.15) is 0 Å². The van der Waals surface area contributed by atoms with Crippen molar-refractivity contribution in [3.63, 3.8) is 0 Å². The number of hydrogen-bond acceptors (Lipinski definition) is 4. The van der Waals surface area contributed by atoms with Crippen LogP contribution in [0, 0.1) is 6.92 Å². The third kappa shape index (κ3) is 5.86. The van der Waals surface area contributed by atoms with Crippen molar-refractivity contribution in [2.45, 2.75) is 32.5 Å². The van der Waals surface area contributed by atoms with Crippen molar-refractivity contribution in [2.75, 3.05) is 19.8 Å². The summed E-state index contributed by atoms with van der Waals surface area (Å²) in [5, 5.41) is 6.24. The van der Waals surface area contributed by atoms with Crippen LogP contribution in [-0.4, -0.2) is 31.7 Å². The highest BCUT2D eigenvalue weighted by atomic mass is 16.5. The van der Waals surface area contributed by atoms with Crippen molar-refractivity contribution in [1.82, 2.24) is 10.6 Å². The molecule has 138 valence electrons. The van der Waals surface area contributed by atoms with E-state index in [4.69, 9.17) is 9.47 Å². The molecule has 26 heavy (non-hydrogen) atoms. The summed E-state index contributed by atoms with van der Waals surface area (Å²) in [6, 6.07) is 16.2. The monoisotopic (exact) mass is 354 g/mol. The first-order valence-electron chi connectivity index (χ1n) is 9.04. The number of amides is 1. The largest absolute Gasteiger partial charge is 0.489 e. The van der Waals surface area contributed by atoms with Crippen LogP contribution in [0.5, 0.6) is 5.75 Å². The molecule has 2 N–H and O–H groups in total. The van der Waals surface area contributed by atoms with Gasteiger partial charge in [0, 0.05) is 25.6 Å². The van der Waals surface area contributed by atoms with Gasteiger partial charge in [-0.05, 0) is 30.2 Å². The molecule has 2 aromatic rings. The Bertz CT molecular complexity index is 709. The van der Waals surface area contributed by atoms with Crippen LogP contribution in [0.1, 0.15) is 23.1 Å². The summed E-state index contributed by atoms with van der Waals surface area (Å²) in [5.41, 5.74) is 3.43. The van der Waals surface area contributed by atoms with Crippen molar-refractivity contribution in [3.05, 3.63) is 65.2 Å². The van der Waals surface area contributed by atoms with Gasteiger partial charge in [0.05, 0.1) is 13.2 Å². The van der Waals surface area contributed by atoms with E-state index in [0.29, 0.717) is 26.2 Å². The molecule has 0 spiro atoms. The Hall–Kier alpha value is -2.37. The van der Waals surface area contributed by atoms with Crippen LogP contribution in [0.4, 0.5) is 0 Å². The summed E-state index contributed by atoms with van der Waals surface area (Å²) in [7, 11) is 0. The lowest BCUT2D eigenvalue weighted by atomic mass is 10.1. The van der Waals surface area contributed by atoms with E-state index in [1.165, 1.54) is 5.56 Å². The molecule has 0 aliphatic carbocycles. The number of carbonyl (C=O) groups excluding carboxylic acids is 1. The first-order valence-corrected chi connectivity index (χ1v) is 9.04. The van der Waals surface area contributed by atoms with Crippen LogP contribution in [0.25, 0.3) is 0 Å². The van der Waals surface area contributed by atoms with Gasteiger partial charge in [0.2, 0.25) is 5.91 Å². The molecule has 1 aliphatic heterocycles. The summed E-state index contributed by atoms with van der Waals surface area (Å²) < 4.78 is 11.2. The van der Waals surface area contributed by atoms with Gasteiger partial charge in [0.15, 0.2) is 0 Å². The zero-order valence-electron chi connectivity index (χ0n) is 15.2. The van der Waals surface area contributed by atoms with Crippen LogP contribution in [-0.2, 0) is 22.7 Å². The normalized spacial score (nSPS) is 16.9. The maximum Gasteiger partial charge on any atom is 0.221 e. The molecule has 1 unspecified atom stereocenters. The molecule has 1 heterocycles. The number of ether oxygens (including phenoxy) is 2. The number of morpholine rings is 1. The van der Waals surface area contributed by atoms with E-state index in [0.717, 1.165) is 30.0 Å². The predicted molar refractivity (Wildman–Crippen MR) is 101 cm³/mol. The van der Waals surface area contributed by atoms with E-state index in [-0.39, 0.29) is 11.9 Å². The van der Waals surface area contributed by atoms with Gasteiger partial charge >= 0.3 is 0 Å². The fourth-order valence-corrected chi connectivity index (χ4v) is 2.92. The fraction of sp³-hybridized carbons (Fsp3) is 0.381. The molecule has 5 heteroatoms. The highest BCUT2D eigenvalue weighted by Gasteiger charge is 2.16. The minimum Gasteiger partial charge on any atom is -0.489 e. The van der Waals surface area contributed by atoms with Gasteiger partial charge in [-0.15, -0.1) is 0 Å². The Morgan fingerprint density at radius 2 is 2.08 bits per heavy atom. The fourth-order valence-electron chi connectivity index (χ4n) is 2.92.